The summed E-state index contributed by atoms with van der Waals surface area (Å²) >= 11 is 0. The zero-order chi connectivity index (χ0) is 11.4. The summed E-state index contributed by atoms with van der Waals surface area (Å²) in [5.74, 6) is -1.09. The van der Waals surface area contributed by atoms with E-state index in [0.717, 1.165) is 0 Å². The van der Waals surface area contributed by atoms with Crippen molar-refractivity contribution in [2.24, 2.45) is 0 Å². The Morgan fingerprint density at radius 3 is 1.93 bits per heavy atom. The Hall–Kier alpha value is 0.250. The van der Waals surface area contributed by atoms with Gasteiger partial charge in [-0.1, -0.05) is 13.8 Å². The maximum atomic E-state index is 11.1. The maximum Gasteiger partial charge on any atom is 1.00 e. The normalized spacial score (nSPS) is 12.7. The summed E-state index contributed by atoms with van der Waals surface area (Å²) in [5.41, 5.74) is 0. The fourth-order valence-electron chi connectivity index (χ4n) is 0.956. The Morgan fingerprint density at radius 2 is 1.67 bits per heavy atom. The summed E-state index contributed by atoms with van der Waals surface area (Å²) in [6, 6.07) is 0. The molecule has 0 aromatic rings. The molecule has 0 fully saturated rings. The van der Waals surface area contributed by atoms with Crippen molar-refractivity contribution in [3.05, 3.63) is 0 Å². The van der Waals surface area contributed by atoms with Crippen molar-refractivity contribution in [3.63, 3.8) is 0 Å². The number of ketones is 2. The summed E-state index contributed by atoms with van der Waals surface area (Å²) in [6.45, 7) is 3.00. The molecule has 0 saturated heterocycles. The molecule has 0 saturated carbocycles. The van der Waals surface area contributed by atoms with E-state index in [4.69, 9.17) is 0 Å². The first-order chi connectivity index (χ1) is 6.32. The van der Waals surface area contributed by atoms with Gasteiger partial charge in [0.25, 0.3) is 0 Å². The first-order valence-corrected chi connectivity index (χ1v) is 5.79. The second-order valence-electron chi connectivity index (χ2n) is 2.90. The standard InChI is InChI=1S/C8H14O5S.Na/c1-3-6(9)5-8(7(10)4-2)14(11,12)13;/h8H,3-5H2,1-2H3,(H,11,12,13);/q;+1/p-1. The van der Waals surface area contributed by atoms with Crippen LogP contribution in [0.25, 0.3) is 0 Å². The summed E-state index contributed by atoms with van der Waals surface area (Å²) in [7, 11) is -4.70. The summed E-state index contributed by atoms with van der Waals surface area (Å²) < 4.78 is 32.0. The van der Waals surface area contributed by atoms with Gasteiger partial charge in [-0.05, 0) is 0 Å². The van der Waals surface area contributed by atoms with Gasteiger partial charge in [0.1, 0.15) is 26.9 Å². The monoisotopic (exact) mass is 244 g/mol. The minimum atomic E-state index is -4.70. The van der Waals surface area contributed by atoms with E-state index < -0.39 is 33.4 Å². The van der Waals surface area contributed by atoms with Gasteiger partial charge >= 0.3 is 29.6 Å². The molecule has 0 aliphatic rings. The van der Waals surface area contributed by atoms with E-state index >= 15 is 0 Å². The topological polar surface area (TPSA) is 91.3 Å². The summed E-state index contributed by atoms with van der Waals surface area (Å²) in [5, 5.41) is -1.69. The van der Waals surface area contributed by atoms with Crippen LogP contribution < -0.4 is 29.6 Å². The molecular formula is C8H13NaO5S. The van der Waals surface area contributed by atoms with Gasteiger partial charge in [0.05, 0.1) is 0 Å². The van der Waals surface area contributed by atoms with E-state index in [9.17, 15) is 22.6 Å². The smallest absolute Gasteiger partial charge is 0.747 e. The van der Waals surface area contributed by atoms with Gasteiger partial charge in [0, 0.05) is 19.3 Å². The molecule has 1 unspecified atom stereocenters. The minimum absolute atomic E-state index is 0. The quantitative estimate of drug-likeness (QED) is 0.373. The number of rotatable bonds is 6. The average molecular weight is 244 g/mol. The van der Waals surface area contributed by atoms with Crippen LogP contribution >= 0.6 is 0 Å². The molecule has 5 nitrogen and oxygen atoms in total. The molecule has 0 spiro atoms. The van der Waals surface area contributed by atoms with Crippen LogP contribution in [0.2, 0.25) is 0 Å². The molecule has 0 amide bonds. The molecule has 0 N–H and O–H groups in total. The Morgan fingerprint density at radius 1 is 1.20 bits per heavy atom. The molecule has 0 aromatic heterocycles. The zero-order valence-corrected chi connectivity index (χ0v) is 12.0. The van der Waals surface area contributed by atoms with Crippen LogP contribution in [0.5, 0.6) is 0 Å². The van der Waals surface area contributed by atoms with Gasteiger partial charge in [0.15, 0.2) is 0 Å². The number of Topliss-reactive ketones (excluding diaryl/α,β-unsaturated/α-hetero) is 2. The Labute approximate surface area is 112 Å². The molecule has 0 heterocycles. The van der Waals surface area contributed by atoms with Crippen LogP contribution in [0.15, 0.2) is 0 Å². The van der Waals surface area contributed by atoms with Crippen molar-refractivity contribution >= 4 is 21.7 Å². The van der Waals surface area contributed by atoms with Gasteiger partial charge in [-0.3, -0.25) is 9.59 Å². The van der Waals surface area contributed by atoms with Crippen molar-refractivity contribution in [1.82, 2.24) is 0 Å². The first-order valence-electron chi connectivity index (χ1n) is 4.32. The van der Waals surface area contributed by atoms with Crippen molar-refractivity contribution in [1.29, 1.82) is 0 Å². The van der Waals surface area contributed by atoms with Gasteiger partial charge in [0.2, 0.25) is 0 Å². The van der Waals surface area contributed by atoms with Gasteiger partial charge < -0.3 is 4.55 Å². The first kappa shape index (κ1) is 17.6. The van der Waals surface area contributed by atoms with Crippen molar-refractivity contribution < 1.29 is 52.1 Å². The third kappa shape index (κ3) is 6.42. The van der Waals surface area contributed by atoms with Gasteiger partial charge in [-0.25, -0.2) is 8.42 Å². The third-order valence-electron chi connectivity index (χ3n) is 1.86. The fourth-order valence-corrected chi connectivity index (χ4v) is 1.83. The third-order valence-corrected chi connectivity index (χ3v) is 2.99. The molecule has 82 valence electrons. The fraction of sp³-hybridized carbons (Fsp3) is 0.750. The predicted molar refractivity (Wildman–Crippen MR) is 48.7 cm³/mol. The molecule has 15 heavy (non-hydrogen) atoms. The SMILES string of the molecule is CCC(=O)CC(C(=O)CC)S(=O)(=O)[O-].[Na+]. The van der Waals surface area contributed by atoms with Crippen LogP contribution in [-0.4, -0.2) is 29.8 Å². The molecule has 0 aliphatic carbocycles. The molecule has 0 radical (unpaired) electrons. The van der Waals surface area contributed by atoms with E-state index in [2.05, 4.69) is 0 Å². The van der Waals surface area contributed by atoms with Crippen LogP contribution in [0.1, 0.15) is 33.1 Å². The molecule has 1 atom stereocenters. The molecule has 0 rings (SSSR count). The van der Waals surface area contributed by atoms with Crippen molar-refractivity contribution in [3.8, 4) is 0 Å². The second-order valence-corrected chi connectivity index (χ2v) is 4.45. The van der Waals surface area contributed by atoms with Gasteiger partial charge in [-0.15, -0.1) is 0 Å². The summed E-state index contributed by atoms with van der Waals surface area (Å²) in [6.07, 6.45) is -0.416. The molecule has 7 heteroatoms. The average Bonchev–Trinajstić information content (AvgIpc) is 2.10. The number of carbonyl (C=O) groups is 2. The molecule has 0 aliphatic heterocycles. The van der Waals surface area contributed by atoms with E-state index in [1.54, 1.807) is 6.92 Å². The zero-order valence-electron chi connectivity index (χ0n) is 9.15. The number of hydrogen-bond acceptors (Lipinski definition) is 5. The largest absolute Gasteiger partial charge is 1.00 e. The number of carbonyl (C=O) groups excluding carboxylic acids is 2. The van der Waals surface area contributed by atoms with Crippen LogP contribution in [0.3, 0.4) is 0 Å². The van der Waals surface area contributed by atoms with Gasteiger partial charge in [-0.2, -0.15) is 0 Å². The van der Waals surface area contributed by atoms with Crippen molar-refractivity contribution in [2.75, 3.05) is 0 Å². The van der Waals surface area contributed by atoms with E-state index in [-0.39, 0.29) is 42.4 Å². The van der Waals surface area contributed by atoms with E-state index in [1.165, 1.54) is 6.92 Å². The maximum absolute atomic E-state index is 11.1. The van der Waals surface area contributed by atoms with Crippen molar-refractivity contribution in [2.45, 2.75) is 38.4 Å². The summed E-state index contributed by atoms with van der Waals surface area (Å²) in [4.78, 5) is 22.0. The van der Waals surface area contributed by atoms with Crippen LogP contribution in [0.4, 0.5) is 0 Å². The van der Waals surface area contributed by atoms with E-state index in [0.29, 0.717) is 0 Å². The molecule has 0 bridgehead atoms. The molecule has 0 aromatic carbocycles. The Kier molecular flexibility index (Phi) is 8.83. The Bertz CT molecular complexity index is 322. The predicted octanol–water partition coefficient (Wildman–Crippen LogP) is -2.75. The minimum Gasteiger partial charge on any atom is -0.747 e. The Balaban J connectivity index is 0. The van der Waals surface area contributed by atoms with Crippen LogP contribution in [0, 0.1) is 0 Å². The van der Waals surface area contributed by atoms with Crippen LogP contribution in [-0.2, 0) is 19.7 Å². The van der Waals surface area contributed by atoms with E-state index in [1.807, 2.05) is 0 Å². The second kappa shape index (κ2) is 7.51. The molecular weight excluding hydrogens is 231 g/mol. The number of hydrogen-bond donors (Lipinski definition) is 0.